The molecule has 0 spiro atoms. The lowest BCUT2D eigenvalue weighted by Crippen LogP contribution is -2.44. The standard InChI is InChI=1S/C18H28N4O2/c1-3-19-18(21-12-16-13-22(2)8-9-23-16)20-11-15-10-14-6-4-5-7-17(14)24-15/h4-7,15-16H,3,8-13H2,1-2H3,(H2,19,20,21). The van der Waals surface area contributed by atoms with E-state index in [1.165, 1.54) is 5.56 Å². The van der Waals surface area contributed by atoms with Gasteiger partial charge in [-0.2, -0.15) is 0 Å². The zero-order chi connectivity index (χ0) is 16.8. The number of nitrogens with one attached hydrogen (secondary N) is 2. The van der Waals surface area contributed by atoms with Gasteiger partial charge in [0.15, 0.2) is 5.96 Å². The molecule has 1 aromatic rings. The summed E-state index contributed by atoms with van der Waals surface area (Å²) in [4.78, 5) is 6.95. The van der Waals surface area contributed by atoms with E-state index in [2.05, 4.69) is 46.6 Å². The Morgan fingerprint density at radius 1 is 1.29 bits per heavy atom. The number of morpholine rings is 1. The Morgan fingerprint density at radius 3 is 2.96 bits per heavy atom. The average molecular weight is 332 g/mol. The molecule has 2 aliphatic rings. The molecule has 24 heavy (non-hydrogen) atoms. The first-order valence-electron chi connectivity index (χ1n) is 8.81. The number of aliphatic imine (C=N–C) groups is 1. The number of fused-ring (bicyclic) bond motifs is 1. The van der Waals surface area contributed by atoms with Gasteiger partial charge in [-0.05, 0) is 25.6 Å². The van der Waals surface area contributed by atoms with E-state index in [0.717, 1.165) is 50.9 Å². The Balaban J connectivity index is 1.48. The molecule has 6 nitrogen and oxygen atoms in total. The van der Waals surface area contributed by atoms with Crippen LogP contribution in [-0.2, 0) is 11.2 Å². The highest BCUT2D eigenvalue weighted by molar-refractivity contribution is 5.79. The fraction of sp³-hybridized carbons (Fsp3) is 0.611. The van der Waals surface area contributed by atoms with E-state index in [4.69, 9.17) is 9.47 Å². The first-order chi connectivity index (χ1) is 11.7. The third kappa shape index (κ3) is 4.61. The fourth-order valence-corrected chi connectivity index (χ4v) is 3.09. The normalized spacial score (nSPS) is 24.3. The molecule has 2 unspecified atom stereocenters. The van der Waals surface area contributed by atoms with Gasteiger partial charge in [0.1, 0.15) is 11.9 Å². The van der Waals surface area contributed by atoms with Crippen molar-refractivity contribution in [2.75, 3.05) is 46.4 Å². The summed E-state index contributed by atoms with van der Waals surface area (Å²) in [7, 11) is 2.12. The average Bonchev–Trinajstić information content (AvgIpc) is 3.00. The van der Waals surface area contributed by atoms with Gasteiger partial charge in [0.25, 0.3) is 0 Å². The van der Waals surface area contributed by atoms with Crippen LogP contribution in [0.15, 0.2) is 29.3 Å². The summed E-state index contributed by atoms with van der Waals surface area (Å²) in [5.74, 6) is 1.83. The molecule has 3 rings (SSSR count). The number of nitrogens with zero attached hydrogens (tertiary/aromatic N) is 2. The Kier molecular flexibility index (Phi) is 5.93. The molecule has 132 valence electrons. The van der Waals surface area contributed by atoms with Crippen LogP contribution >= 0.6 is 0 Å². The maximum atomic E-state index is 5.97. The largest absolute Gasteiger partial charge is 0.488 e. The molecule has 2 heterocycles. The summed E-state index contributed by atoms with van der Waals surface area (Å²) >= 11 is 0. The van der Waals surface area contributed by atoms with Crippen molar-refractivity contribution < 1.29 is 9.47 Å². The number of para-hydroxylation sites is 1. The third-order valence-electron chi connectivity index (χ3n) is 4.35. The summed E-state index contributed by atoms with van der Waals surface area (Å²) in [5, 5.41) is 6.69. The van der Waals surface area contributed by atoms with Crippen molar-refractivity contribution >= 4 is 5.96 Å². The van der Waals surface area contributed by atoms with Gasteiger partial charge in [-0.1, -0.05) is 18.2 Å². The van der Waals surface area contributed by atoms with E-state index >= 15 is 0 Å². The van der Waals surface area contributed by atoms with E-state index in [-0.39, 0.29) is 12.2 Å². The van der Waals surface area contributed by atoms with Crippen molar-refractivity contribution in [3.8, 4) is 5.75 Å². The predicted octanol–water partition coefficient (Wildman–Crippen LogP) is 0.876. The van der Waals surface area contributed by atoms with Gasteiger partial charge >= 0.3 is 0 Å². The minimum absolute atomic E-state index is 0.156. The number of benzene rings is 1. The zero-order valence-electron chi connectivity index (χ0n) is 14.6. The van der Waals surface area contributed by atoms with Crippen LogP contribution < -0.4 is 15.4 Å². The second-order valence-electron chi connectivity index (χ2n) is 6.41. The van der Waals surface area contributed by atoms with Crippen LogP contribution in [0.25, 0.3) is 0 Å². The number of hydrogen-bond donors (Lipinski definition) is 2. The number of ether oxygens (including phenoxy) is 2. The Morgan fingerprint density at radius 2 is 2.17 bits per heavy atom. The van der Waals surface area contributed by atoms with E-state index in [0.29, 0.717) is 6.54 Å². The monoisotopic (exact) mass is 332 g/mol. The summed E-state index contributed by atoms with van der Waals surface area (Å²) in [6.07, 6.45) is 1.27. The zero-order valence-corrected chi connectivity index (χ0v) is 14.6. The maximum Gasteiger partial charge on any atom is 0.191 e. The lowest BCUT2D eigenvalue weighted by Gasteiger charge is -2.29. The van der Waals surface area contributed by atoms with Crippen LogP contribution in [0.5, 0.6) is 5.75 Å². The smallest absolute Gasteiger partial charge is 0.191 e. The topological polar surface area (TPSA) is 58.1 Å². The molecule has 1 fully saturated rings. The van der Waals surface area contributed by atoms with Crippen molar-refractivity contribution in [3.63, 3.8) is 0 Å². The molecular weight excluding hydrogens is 304 g/mol. The van der Waals surface area contributed by atoms with Gasteiger partial charge in [0.05, 0.1) is 25.8 Å². The second kappa shape index (κ2) is 8.35. The van der Waals surface area contributed by atoms with Gasteiger partial charge < -0.3 is 25.0 Å². The SMILES string of the molecule is CCNC(=NCC1CN(C)CCO1)NCC1Cc2ccccc2O1. The first-order valence-corrected chi connectivity index (χ1v) is 8.81. The van der Waals surface area contributed by atoms with Crippen LogP contribution in [0.3, 0.4) is 0 Å². The number of rotatable bonds is 5. The van der Waals surface area contributed by atoms with Gasteiger partial charge in [-0.15, -0.1) is 0 Å². The van der Waals surface area contributed by atoms with Crippen molar-refractivity contribution in [1.82, 2.24) is 15.5 Å². The summed E-state index contributed by atoms with van der Waals surface area (Å²) in [6.45, 7) is 7.04. The number of likely N-dealkylation sites (N-methyl/N-ethyl adjacent to an activating group) is 1. The van der Waals surface area contributed by atoms with E-state index in [9.17, 15) is 0 Å². The highest BCUT2D eigenvalue weighted by Gasteiger charge is 2.22. The molecule has 0 bridgehead atoms. The van der Waals surface area contributed by atoms with Crippen molar-refractivity contribution in [2.24, 2.45) is 4.99 Å². The lowest BCUT2D eigenvalue weighted by molar-refractivity contribution is -0.0136. The van der Waals surface area contributed by atoms with Crippen LogP contribution in [-0.4, -0.2) is 69.4 Å². The highest BCUT2D eigenvalue weighted by Crippen LogP contribution is 2.27. The van der Waals surface area contributed by atoms with Crippen molar-refractivity contribution in [1.29, 1.82) is 0 Å². The van der Waals surface area contributed by atoms with Crippen LogP contribution in [0, 0.1) is 0 Å². The van der Waals surface area contributed by atoms with Crippen LogP contribution in [0.1, 0.15) is 12.5 Å². The molecule has 0 aliphatic carbocycles. The first kappa shape index (κ1) is 17.0. The second-order valence-corrected chi connectivity index (χ2v) is 6.41. The van der Waals surface area contributed by atoms with Crippen molar-refractivity contribution in [2.45, 2.75) is 25.6 Å². The Bertz CT molecular complexity index is 539. The Labute approximate surface area is 144 Å². The number of guanidine groups is 1. The molecule has 6 heteroatoms. The molecule has 1 saturated heterocycles. The lowest BCUT2D eigenvalue weighted by atomic mass is 10.1. The molecule has 1 aromatic carbocycles. The summed E-state index contributed by atoms with van der Waals surface area (Å²) in [6, 6.07) is 8.24. The van der Waals surface area contributed by atoms with E-state index in [1.54, 1.807) is 0 Å². The van der Waals surface area contributed by atoms with Gasteiger partial charge in [0, 0.05) is 26.1 Å². The molecule has 2 atom stereocenters. The number of hydrogen-bond acceptors (Lipinski definition) is 4. The minimum Gasteiger partial charge on any atom is -0.488 e. The molecule has 0 radical (unpaired) electrons. The quantitative estimate of drug-likeness (QED) is 0.619. The van der Waals surface area contributed by atoms with Crippen LogP contribution in [0.2, 0.25) is 0 Å². The van der Waals surface area contributed by atoms with Gasteiger partial charge in [-0.25, -0.2) is 0 Å². The Hall–Kier alpha value is -1.79. The molecular formula is C18H28N4O2. The maximum absolute atomic E-state index is 5.97. The molecule has 0 amide bonds. The summed E-state index contributed by atoms with van der Waals surface area (Å²) < 4.78 is 11.7. The molecule has 2 aliphatic heterocycles. The van der Waals surface area contributed by atoms with E-state index in [1.807, 2.05) is 12.1 Å². The molecule has 0 aromatic heterocycles. The summed E-state index contributed by atoms with van der Waals surface area (Å²) in [5.41, 5.74) is 1.28. The van der Waals surface area contributed by atoms with Crippen LogP contribution in [0.4, 0.5) is 0 Å². The van der Waals surface area contributed by atoms with E-state index < -0.39 is 0 Å². The third-order valence-corrected chi connectivity index (χ3v) is 4.35. The predicted molar refractivity (Wildman–Crippen MR) is 95.8 cm³/mol. The van der Waals surface area contributed by atoms with Gasteiger partial charge in [0.2, 0.25) is 0 Å². The van der Waals surface area contributed by atoms with Crippen molar-refractivity contribution in [3.05, 3.63) is 29.8 Å². The minimum atomic E-state index is 0.156. The van der Waals surface area contributed by atoms with Gasteiger partial charge in [-0.3, -0.25) is 4.99 Å². The highest BCUT2D eigenvalue weighted by atomic mass is 16.5. The molecule has 0 saturated carbocycles. The fourth-order valence-electron chi connectivity index (χ4n) is 3.09. The molecule has 2 N–H and O–H groups in total.